The van der Waals surface area contributed by atoms with E-state index >= 15 is 0 Å². The second-order valence-corrected chi connectivity index (χ2v) is 17.4. The Morgan fingerprint density at radius 1 is 0.717 bits per heavy atom. The van der Waals surface area contributed by atoms with Gasteiger partial charge in [-0.25, -0.2) is 0 Å². The summed E-state index contributed by atoms with van der Waals surface area (Å²) < 4.78 is 0. The van der Waals surface area contributed by atoms with Crippen molar-refractivity contribution in [3.8, 4) is 22.3 Å². The van der Waals surface area contributed by atoms with E-state index < -0.39 is 0 Å². The van der Waals surface area contributed by atoms with E-state index in [1.165, 1.54) is 88.3 Å². The standard InChI is InChI=1S/C47H45.C2H6Si.2ClH.Zr/c1-8-14-31-27-40-38(19-13-20-39(40)44-35-17-11-9-15-29(35)25-30-16-10-12-18-36(30)44)43(31)45-41-28-32-26-33(46(2,3)4)21-22-34(32)37(41)23-24-42(45)47(5,6)7;1-3-2;;;/h9-13,15-23,25-27,43H,8,14,28H2,1-7H3;1-2H3;2*1H;/q-1;;;;+3/p-2. The molecule has 0 aliphatic heterocycles. The van der Waals surface area contributed by atoms with Crippen LogP contribution in [0.3, 0.4) is 0 Å². The summed E-state index contributed by atoms with van der Waals surface area (Å²) in [7, 11) is 1.08. The van der Waals surface area contributed by atoms with Crippen LogP contribution in [0.15, 0.2) is 103 Å². The van der Waals surface area contributed by atoms with E-state index in [2.05, 4.69) is 171 Å². The van der Waals surface area contributed by atoms with Crippen molar-refractivity contribution in [2.75, 3.05) is 0 Å². The maximum absolute atomic E-state index is 3.90. The van der Waals surface area contributed by atoms with E-state index in [0.717, 1.165) is 28.8 Å². The first-order chi connectivity index (χ1) is 24.0. The molecular weight excluding hydrogens is 779 g/mol. The van der Waals surface area contributed by atoms with Crippen LogP contribution in [0.4, 0.5) is 0 Å². The average molecular weight is 830 g/mol. The molecule has 1 atom stereocenters. The van der Waals surface area contributed by atoms with Crippen molar-refractivity contribution in [3.63, 3.8) is 0 Å². The Morgan fingerprint density at radius 2 is 1.34 bits per heavy atom. The predicted molar refractivity (Wildman–Crippen MR) is 220 cm³/mol. The molecule has 1 unspecified atom stereocenters. The van der Waals surface area contributed by atoms with Gasteiger partial charge in [-0.1, -0.05) is 170 Å². The molecule has 0 saturated heterocycles. The van der Waals surface area contributed by atoms with Gasteiger partial charge in [0.25, 0.3) is 0 Å². The van der Waals surface area contributed by atoms with Gasteiger partial charge in [-0.05, 0) is 90.6 Å². The second-order valence-electron chi connectivity index (χ2n) is 16.4. The van der Waals surface area contributed by atoms with Crippen molar-refractivity contribution in [2.24, 2.45) is 0 Å². The normalized spacial score (nSPS) is 14.1. The smallest absolute Gasteiger partial charge is 1.00 e. The number of benzene rings is 6. The Labute approximate surface area is 353 Å². The molecule has 269 valence electrons. The summed E-state index contributed by atoms with van der Waals surface area (Å²) in [4.78, 5) is 0. The van der Waals surface area contributed by atoms with Gasteiger partial charge < -0.3 is 24.8 Å². The number of allylic oxidation sites excluding steroid dienone is 1. The summed E-state index contributed by atoms with van der Waals surface area (Å²) >= 11 is 0. The minimum atomic E-state index is -0.0285. The third-order valence-electron chi connectivity index (χ3n) is 10.7. The molecule has 0 saturated carbocycles. The first-order valence-electron chi connectivity index (χ1n) is 18.5. The Morgan fingerprint density at radius 3 is 1.92 bits per heavy atom. The number of hydrogen-bond acceptors (Lipinski definition) is 0. The van der Waals surface area contributed by atoms with E-state index in [1.54, 1.807) is 0 Å². The van der Waals surface area contributed by atoms with Crippen LogP contribution in [0.25, 0.3) is 49.9 Å². The minimum Gasteiger partial charge on any atom is -1.00 e. The van der Waals surface area contributed by atoms with Crippen LogP contribution in [0.5, 0.6) is 0 Å². The largest absolute Gasteiger partial charge is 3.00 e. The summed E-state index contributed by atoms with van der Waals surface area (Å²) in [5.41, 5.74) is 17.2. The van der Waals surface area contributed by atoms with Gasteiger partial charge in [0, 0.05) is 9.52 Å². The Balaban J connectivity index is 0.00000101. The van der Waals surface area contributed by atoms with Crippen LogP contribution >= 0.6 is 0 Å². The molecule has 2 aliphatic carbocycles. The number of fused-ring (bicyclic) bond motifs is 6. The van der Waals surface area contributed by atoms with Crippen molar-refractivity contribution in [1.29, 1.82) is 0 Å². The first-order valence-corrected chi connectivity index (χ1v) is 20.5. The monoisotopic (exact) mass is 827 g/mol. The summed E-state index contributed by atoms with van der Waals surface area (Å²) in [5.74, 6) is 0.225. The molecule has 6 aromatic rings. The summed E-state index contributed by atoms with van der Waals surface area (Å²) in [6.45, 7) is 20.7. The molecule has 4 heteroatoms. The third-order valence-corrected chi connectivity index (χ3v) is 10.7. The molecule has 0 fully saturated rings. The minimum absolute atomic E-state index is 0. The van der Waals surface area contributed by atoms with Crippen molar-refractivity contribution >= 4 is 37.1 Å². The van der Waals surface area contributed by atoms with E-state index in [4.69, 9.17) is 0 Å². The number of hydrogen-bond donors (Lipinski definition) is 0. The molecule has 0 heterocycles. The Bertz CT molecular complexity index is 2230. The summed E-state index contributed by atoms with van der Waals surface area (Å²) in [6, 6.07) is 40.7. The predicted octanol–water partition coefficient (Wildman–Crippen LogP) is 7.75. The third kappa shape index (κ3) is 7.87. The molecule has 0 aromatic heterocycles. The van der Waals surface area contributed by atoms with Crippen LogP contribution in [-0.4, -0.2) is 9.52 Å². The van der Waals surface area contributed by atoms with E-state index in [-0.39, 0.29) is 67.8 Å². The van der Waals surface area contributed by atoms with Gasteiger partial charge in [0.2, 0.25) is 0 Å². The SMILES string of the molecule is CCCC1=Cc2c(-c3c4ccccc4cc4ccccc34)cccc2C1c1c(C(C)(C)C)[c-]cc2c1Cc1cc(C(C)(C)C)ccc1-2.C[Si]C.[Cl-].[Cl-].[Zr+3]. The molecular formula is C49H51Cl2SiZr. The van der Waals surface area contributed by atoms with E-state index in [0.29, 0.717) is 0 Å². The molecule has 0 amide bonds. The average Bonchev–Trinajstić information content (AvgIpc) is 3.64. The van der Waals surface area contributed by atoms with Crippen molar-refractivity contribution in [3.05, 3.63) is 148 Å². The molecule has 2 aliphatic rings. The Hall–Kier alpha value is -2.74. The number of rotatable bonds is 4. The number of halogens is 2. The van der Waals surface area contributed by atoms with Crippen molar-refractivity contribution < 1.29 is 51.0 Å². The summed E-state index contributed by atoms with van der Waals surface area (Å²) in [5, 5.41) is 5.24. The van der Waals surface area contributed by atoms with Crippen LogP contribution in [-0.2, 0) is 43.5 Å². The van der Waals surface area contributed by atoms with Gasteiger partial charge in [0.1, 0.15) is 0 Å². The van der Waals surface area contributed by atoms with Gasteiger partial charge in [-0.2, -0.15) is 17.7 Å². The molecule has 0 nitrogen and oxygen atoms in total. The second kappa shape index (κ2) is 17.0. The zero-order chi connectivity index (χ0) is 35.4. The van der Waals surface area contributed by atoms with Gasteiger partial charge in [0.05, 0.1) is 0 Å². The fourth-order valence-corrected chi connectivity index (χ4v) is 8.47. The zero-order valence-corrected chi connectivity index (χ0v) is 37.7. The summed E-state index contributed by atoms with van der Waals surface area (Å²) in [6.07, 6.45) is 5.77. The van der Waals surface area contributed by atoms with Gasteiger partial charge in [-0.15, -0.1) is 16.7 Å². The molecule has 0 spiro atoms. The van der Waals surface area contributed by atoms with E-state index in [9.17, 15) is 0 Å². The maximum Gasteiger partial charge on any atom is 3.00 e. The van der Waals surface area contributed by atoms with Crippen molar-refractivity contribution in [1.82, 2.24) is 0 Å². The molecule has 0 N–H and O–H groups in total. The maximum atomic E-state index is 3.90. The zero-order valence-electron chi connectivity index (χ0n) is 32.8. The van der Waals surface area contributed by atoms with E-state index in [1.807, 2.05) is 0 Å². The molecule has 3 radical (unpaired) electrons. The van der Waals surface area contributed by atoms with Gasteiger partial charge in [-0.3, -0.25) is 0 Å². The van der Waals surface area contributed by atoms with Crippen molar-refractivity contribution in [2.45, 2.75) is 97.6 Å². The molecule has 6 aromatic carbocycles. The molecule has 8 rings (SSSR count). The van der Waals surface area contributed by atoms with Crippen LogP contribution in [0, 0.1) is 6.07 Å². The van der Waals surface area contributed by atoms with Crippen LogP contribution in [0.1, 0.15) is 106 Å². The van der Waals surface area contributed by atoms with Gasteiger partial charge >= 0.3 is 26.2 Å². The fraction of sp³-hybridized carbons (Fsp3) is 0.306. The topological polar surface area (TPSA) is 0 Å². The molecule has 0 bridgehead atoms. The first kappa shape index (κ1) is 43.0. The van der Waals surface area contributed by atoms with Gasteiger partial charge in [0.15, 0.2) is 0 Å². The van der Waals surface area contributed by atoms with Crippen LogP contribution in [0.2, 0.25) is 13.1 Å². The quantitative estimate of drug-likeness (QED) is 0.0969. The molecule has 53 heavy (non-hydrogen) atoms. The fourth-order valence-electron chi connectivity index (χ4n) is 8.47. The van der Waals surface area contributed by atoms with Crippen LogP contribution < -0.4 is 24.8 Å². The Kier molecular flexibility index (Phi) is 13.8.